The summed E-state index contributed by atoms with van der Waals surface area (Å²) < 4.78 is 0. The Morgan fingerprint density at radius 3 is 2.63 bits per heavy atom. The molecule has 104 valence electrons. The summed E-state index contributed by atoms with van der Waals surface area (Å²) in [4.78, 5) is 14.3. The predicted molar refractivity (Wildman–Crippen MR) is 80.7 cm³/mol. The normalized spacial score (nSPS) is 16.5. The second-order valence-electron chi connectivity index (χ2n) is 5.49. The molecule has 3 heteroatoms. The first-order valence-electron chi connectivity index (χ1n) is 7.28. The number of nitrogens with zero attached hydrogens (tertiary/aromatic N) is 1. The molecule has 1 unspecified atom stereocenters. The van der Waals surface area contributed by atoms with Gasteiger partial charge in [0.05, 0.1) is 0 Å². The van der Waals surface area contributed by atoms with Crippen molar-refractivity contribution in [3.05, 3.63) is 23.8 Å². The second-order valence-corrected chi connectivity index (χ2v) is 5.49. The molecule has 0 spiro atoms. The van der Waals surface area contributed by atoms with Gasteiger partial charge in [-0.2, -0.15) is 0 Å². The molecule has 1 atom stereocenters. The average Bonchev–Trinajstić information content (AvgIpc) is 2.94. The van der Waals surface area contributed by atoms with E-state index in [9.17, 15) is 4.79 Å². The van der Waals surface area contributed by atoms with E-state index in [0.717, 1.165) is 30.8 Å². The largest absolute Gasteiger partial charge is 0.372 e. The fraction of sp³-hybridized carbons (Fsp3) is 0.562. The monoisotopic (exact) mass is 260 g/mol. The zero-order chi connectivity index (χ0) is 13.8. The molecular formula is C16H24N2O. The van der Waals surface area contributed by atoms with E-state index in [2.05, 4.69) is 29.3 Å². The maximum Gasteiger partial charge on any atom is 0.227 e. The van der Waals surface area contributed by atoms with Gasteiger partial charge in [-0.3, -0.25) is 4.79 Å². The van der Waals surface area contributed by atoms with E-state index < -0.39 is 0 Å². The van der Waals surface area contributed by atoms with E-state index in [-0.39, 0.29) is 11.8 Å². The van der Waals surface area contributed by atoms with Crippen molar-refractivity contribution in [1.82, 2.24) is 0 Å². The third kappa shape index (κ3) is 3.28. The molecule has 3 nitrogen and oxygen atoms in total. The van der Waals surface area contributed by atoms with Crippen molar-refractivity contribution in [3.63, 3.8) is 0 Å². The Morgan fingerprint density at radius 1 is 1.37 bits per heavy atom. The maximum atomic E-state index is 11.9. The summed E-state index contributed by atoms with van der Waals surface area (Å²) in [6.07, 6.45) is 3.44. The Morgan fingerprint density at radius 2 is 2.05 bits per heavy atom. The maximum absolute atomic E-state index is 11.9. The minimum absolute atomic E-state index is 0.0673. The fourth-order valence-electron chi connectivity index (χ4n) is 2.40. The topological polar surface area (TPSA) is 32.3 Å². The van der Waals surface area contributed by atoms with Crippen LogP contribution in [0.2, 0.25) is 0 Å². The number of hydrogen-bond donors (Lipinski definition) is 1. The molecule has 0 bridgehead atoms. The van der Waals surface area contributed by atoms with E-state index in [1.807, 2.05) is 19.9 Å². The molecule has 0 radical (unpaired) electrons. The van der Waals surface area contributed by atoms with Crippen molar-refractivity contribution in [2.45, 2.75) is 40.0 Å². The van der Waals surface area contributed by atoms with Gasteiger partial charge in [0.2, 0.25) is 5.91 Å². The summed E-state index contributed by atoms with van der Waals surface area (Å²) in [6.45, 7) is 8.36. The Balaban J connectivity index is 2.08. The van der Waals surface area contributed by atoms with Crippen molar-refractivity contribution in [2.75, 3.05) is 23.3 Å². The molecule has 1 aromatic carbocycles. The number of anilines is 2. The SMILES string of the molecule is CCC(C)C(=O)Nc1ccc(N2CCCC2)cc1C. The molecule has 1 N–H and O–H groups in total. The van der Waals surface area contributed by atoms with Crippen molar-refractivity contribution >= 4 is 17.3 Å². The molecule has 19 heavy (non-hydrogen) atoms. The van der Waals surface area contributed by atoms with Crippen LogP contribution in [-0.2, 0) is 4.79 Å². The lowest BCUT2D eigenvalue weighted by molar-refractivity contribution is -0.119. The molecule has 1 aliphatic rings. The van der Waals surface area contributed by atoms with E-state index in [4.69, 9.17) is 0 Å². The molecule has 1 fully saturated rings. The van der Waals surface area contributed by atoms with Crippen molar-refractivity contribution in [1.29, 1.82) is 0 Å². The Labute approximate surface area is 116 Å². The quantitative estimate of drug-likeness (QED) is 0.897. The molecule has 1 aromatic rings. The van der Waals surface area contributed by atoms with E-state index in [1.165, 1.54) is 18.5 Å². The summed E-state index contributed by atoms with van der Waals surface area (Å²) in [5.41, 5.74) is 3.35. The third-order valence-electron chi connectivity index (χ3n) is 4.00. The third-order valence-corrected chi connectivity index (χ3v) is 4.00. The molecule has 2 rings (SSSR count). The highest BCUT2D eigenvalue weighted by Gasteiger charge is 2.15. The van der Waals surface area contributed by atoms with Crippen LogP contribution in [0.1, 0.15) is 38.7 Å². The molecule has 1 heterocycles. The van der Waals surface area contributed by atoms with Crippen molar-refractivity contribution in [3.8, 4) is 0 Å². The molecule has 0 saturated carbocycles. The van der Waals surface area contributed by atoms with Gasteiger partial charge in [-0.05, 0) is 49.9 Å². The van der Waals surface area contributed by atoms with Crippen molar-refractivity contribution < 1.29 is 4.79 Å². The molecule has 0 aromatic heterocycles. The lowest BCUT2D eigenvalue weighted by Crippen LogP contribution is -2.21. The molecular weight excluding hydrogens is 236 g/mol. The van der Waals surface area contributed by atoms with Crippen LogP contribution in [0.3, 0.4) is 0 Å². The first-order chi connectivity index (χ1) is 9.11. The molecule has 1 saturated heterocycles. The minimum Gasteiger partial charge on any atom is -0.372 e. The van der Waals surface area contributed by atoms with Crippen LogP contribution in [0, 0.1) is 12.8 Å². The van der Waals surface area contributed by atoms with Crippen LogP contribution in [0.25, 0.3) is 0 Å². The zero-order valence-electron chi connectivity index (χ0n) is 12.2. The van der Waals surface area contributed by atoms with Gasteiger partial charge in [0, 0.05) is 30.4 Å². The average molecular weight is 260 g/mol. The molecule has 1 amide bonds. The highest BCUT2D eigenvalue weighted by Crippen LogP contribution is 2.25. The van der Waals surface area contributed by atoms with Gasteiger partial charge in [-0.15, -0.1) is 0 Å². The number of carbonyl (C=O) groups excluding carboxylic acids is 1. The van der Waals surface area contributed by atoms with Gasteiger partial charge in [0.25, 0.3) is 0 Å². The first-order valence-corrected chi connectivity index (χ1v) is 7.28. The number of rotatable bonds is 4. The van der Waals surface area contributed by atoms with Crippen LogP contribution in [0.4, 0.5) is 11.4 Å². The Bertz CT molecular complexity index is 450. The van der Waals surface area contributed by atoms with E-state index in [0.29, 0.717) is 0 Å². The van der Waals surface area contributed by atoms with Crippen LogP contribution >= 0.6 is 0 Å². The van der Waals surface area contributed by atoms with Gasteiger partial charge in [-0.25, -0.2) is 0 Å². The highest BCUT2D eigenvalue weighted by molar-refractivity contribution is 5.93. The first kappa shape index (κ1) is 13.9. The zero-order valence-corrected chi connectivity index (χ0v) is 12.2. The van der Waals surface area contributed by atoms with E-state index >= 15 is 0 Å². The standard InChI is InChI=1S/C16H24N2O/c1-4-12(2)16(19)17-15-8-7-14(11-13(15)3)18-9-5-6-10-18/h7-8,11-12H,4-6,9-10H2,1-3H3,(H,17,19). The van der Waals surface area contributed by atoms with Crippen LogP contribution < -0.4 is 10.2 Å². The number of amides is 1. The summed E-state index contributed by atoms with van der Waals surface area (Å²) in [6, 6.07) is 6.32. The van der Waals surface area contributed by atoms with E-state index in [1.54, 1.807) is 0 Å². The van der Waals surface area contributed by atoms with Gasteiger partial charge in [0.1, 0.15) is 0 Å². The van der Waals surface area contributed by atoms with Gasteiger partial charge >= 0.3 is 0 Å². The number of carbonyl (C=O) groups is 1. The van der Waals surface area contributed by atoms with Gasteiger partial charge < -0.3 is 10.2 Å². The molecule has 0 aliphatic carbocycles. The highest BCUT2D eigenvalue weighted by atomic mass is 16.1. The summed E-state index contributed by atoms with van der Waals surface area (Å²) in [5, 5.41) is 3.02. The lowest BCUT2D eigenvalue weighted by atomic mass is 10.1. The molecule has 1 aliphatic heterocycles. The van der Waals surface area contributed by atoms with Crippen LogP contribution in [-0.4, -0.2) is 19.0 Å². The van der Waals surface area contributed by atoms with Gasteiger partial charge in [0.15, 0.2) is 0 Å². The number of aryl methyl sites for hydroxylation is 1. The van der Waals surface area contributed by atoms with Crippen LogP contribution in [0.15, 0.2) is 18.2 Å². The minimum atomic E-state index is 0.0673. The summed E-state index contributed by atoms with van der Waals surface area (Å²) in [5.74, 6) is 0.178. The number of benzene rings is 1. The number of nitrogens with one attached hydrogen (secondary N) is 1. The summed E-state index contributed by atoms with van der Waals surface area (Å²) in [7, 11) is 0. The van der Waals surface area contributed by atoms with Crippen molar-refractivity contribution in [2.24, 2.45) is 5.92 Å². The number of hydrogen-bond acceptors (Lipinski definition) is 2. The van der Waals surface area contributed by atoms with Crippen LogP contribution in [0.5, 0.6) is 0 Å². The fourth-order valence-corrected chi connectivity index (χ4v) is 2.40. The summed E-state index contributed by atoms with van der Waals surface area (Å²) >= 11 is 0. The van der Waals surface area contributed by atoms with Gasteiger partial charge in [-0.1, -0.05) is 13.8 Å². The second kappa shape index (κ2) is 6.09. The smallest absolute Gasteiger partial charge is 0.227 e. The Hall–Kier alpha value is -1.51. The predicted octanol–water partition coefficient (Wildman–Crippen LogP) is 3.58. The lowest BCUT2D eigenvalue weighted by Gasteiger charge is -2.20. The Kier molecular flexibility index (Phi) is 4.46.